The van der Waals surface area contributed by atoms with E-state index in [1.807, 2.05) is 0 Å². The second-order valence-electron chi connectivity index (χ2n) is 4.03. The molecule has 1 heterocycles. The number of halogens is 3. The van der Waals surface area contributed by atoms with Crippen LogP contribution in [0.3, 0.4) is 0 Å². The number of hydrogen-bond donors (Lipinski definition) is 1. The summed E-state index contributed by atoms with van der Waals surface area (Å²) in [5.41, 5.74) is 5.72. The molecule has 1 fully saturated rings. The average Bonchev–Trinajstić information content (AvgIpc) is 2.65. The first-order valence-electron chi connectivity index (χ1n) is 5.18. The van der Waals surface area contributed by atoms with Crippen molar-refractivity contribution in [3.8, 4) is 0 Å². The number of nitrogens with zero attached hydrogens (tertiary/aromatic N) is 1. The Balaban J connectivity index is 2.38. The van der Waals surface area contributed by atoms with Gasteiger partial charge in [0, 0.05) is 19.0 Å². The van der Waals surface area contributed by atoms with Gasteiger partial charge in [-0.1, -0.05) is 0 Å². The first-order chi connectivity index (χ1) is 8.02. The number of nitrogens with two attached hydrogens (primary N) is 1. The molecular formula is C11H11BrF2N2O. The molecule has 1 unspecified atom stereocenters. The molecule has 1 aliphatic heterocycles. The van der Waals surface area contributed by atoms with Crippen LogP contribution in [0.2, 0.25) is 0 Å². The lowest BCUT2D eigenvalue weighted by Gasteiger charge is -2.18. The van der Waals surface area contributed by atoms with Gasteiger partial charge in [-0.3, -0.25) is 4.79 Å². The number of benzene rings is 1. The van der Waals surface area contributed by atoms with Crippen LogP contribution in [0.1, 0.15) is 6.42 Å². The number of carbonyl (C=O) groups is 1. The molecule has 6 heteroatoms. The van der Waals surface area contributed by atoms with Gasteiger partial charge in [-0.2, -0.15) is 0 Å². The van der Waals surface area contributed by atoms with Crippen molar-refractivity contribution in [1.82, 2.24) is 0 Å². The van der Waals surface area contributed by atoms with Crippen LogP contribution >= 0.6 is 15.9 Å². The first-order valence-corrected chi connectivity index (χ1v) is 5.97. The van der Waals surface area contributed by atoms with Crippen molar-refractivity contribution >= 4 is 27.5 Å². The summed E-state index contributed by atoms with van der Waals surface area (Å²) in [7, 11) is 0. The standard InChI is InChI=1S/C11H11BrF2N2O/c12-11-8(14)2-7(13)3-9(11)16-5-6(4-15)1-10(16)17/h2-3,6H,1,4-5,15H2. The van der Waals surface area contributed by atoms with Gasteiger partial charge in [0.1, 0.15) is 11.6 Å². The van der Waals surface area contributed by atoms with Crippen LogP contribution in [-0.4, -0.2) is 19.0 Å². The minimum absolute atomic E-state index is 0.0423. The second kappa shape index (κ2) is 4.70. The molecule has 0 aromatic heterocycles. The maximum Gasteiger partial charge on any atom is 0.227 e. The highest BCUT2D eigenvalue weighted by Gasteiger charge is 2.31. The summed E-state index contributed by atoms with van der Waals surface area (Å²) in [6, 6.07) is 1.92. The molecule has 1 saturated heterocycles. The van der Waals surface area contributed by atoms with Gasteiger partial charge in [0.25, 0.3) is 0 Å². The highest BCUT2D eigenvalue weighted by atomic mass is 79.9. The molecular weight excluding hydrogens is 294 g/mol. The topological polar surface area (TPSA) is 46.3 Å². The minimum Gasteiger partial charge on any atom is -0.330 e. The van der Waals surface area contributed by atoms with Crippen molar-refractivity contribution in [3.63, 3.8) is 0 Å². The maximum absolute atomic E-state index is 13.4. The highest BCUT2D eigenvalue weighted by molar-refractivity contribution is 9.10. The number of amides is 1. The Bertz CT molecular complexity index is 467. The second-order valence-corrected chi connectivity index (χ2v) is 4.82. The molecule has 1 amide bonds. The molecule has 17 heavy (non-hydrogen) atoms. The zero-order valence-corrected chi connectivity index (χ0v) is 10.5. The summed E-state index contributed by atoms with van der Waals surface area (Å²) in [5.74, 6) is -1.54. The predicted molar refractivity (Wildman–Crippen MR) is 63.6 cm³/mol. The summed E-state index contributed by atoms with van der Waals surface area (Å²) in [6.07, 6.45) is 0.321. The number of carbonyl (C=O) groups excluding carboxylic acids is 1. The quantitative estimate of drug-likeness (QED) is 0.850. The van der Waals surface area contributed by atoms with Crippen LogP contribution in [0, 0.1) is 17.6 Å². The van der Waals surface area contributed by atoms with Crippen LogP contribution in [0.15, 0.2) is 16.6 Å². The van der Waals surface area contributed by atoms with Gasteiger partial charge in [-0.15, -0.1) is 0 Å². The summed E-state index contributed by atoms with van der Waals surface area (Å²) in [6.45, 7) is 0.786. The molecule has 1 aliphatic rings. The molecule has 1 aromatic carbocycles. The van der Waals surface area contributed by atoms with E-state index in [2.05, 4.69) is 15.9 Å². The lowest BCUT2D eigenvalue weighted by molar-refractivity contribution is -0.117. The van der Waals surface area contributed by atoms with Crippen LogP contribution in [0.4, 0.5) is 14.5 Å². The van der Waals surface area contributed by atoms with Crippen LogP contribution in [0.25, 0.3) is 0 Å². The smallest absolute Gasteiger partial charge is 0.227 e. The average molecular weight is 305 g/mol. The molecule has 0 aliphatic carbocycles. The normalized spacial score (nSPS) is 20.1. The molecule has 1 atom stereocenters. The third kappa shape index (κ3) is 2.32. The summed E-state index contributed by atoms with van der Waals surface area (Å²) < 4.78 is 26.6. The van der Waals surface area contributed by atoms with Crippen molar-refractivity contribution in [3.05, 3.63) is 28.2 Å². The van der Waals surface area contributed by atoms with Crippen molar-refractivity contribution in [1.29, 1.82) is 0 Å². The lowest BCUT2D eigenvalue weighted by Crippen LogP contribution is -2.26. The van der Waals surface area contributed by atoms with E-state index in [9.17, 15) is 13.6 Å². The van der Waals surface area contributed by atoms with Crippen LogP contribution < -0.4 is 10.6 Å². The monoisotopic (exact) mass is 304 g/mol. The fourth-order valence-electron chi connectivity index (χ4n) is 1.91. The summed E-state index contributed by atoms with van der Waals surface area (Å²) >= 11 is 3.03. The number of hydrogen-bond acceptors (Lipinski definition) is 2. The van der Waals surface area contributed by atoms with Crippen molar-refractivity contribution < 1.29 is 13.6 Å². The van der Waals surface area contributed by atoms with Gasteiger partial charge < -0.3 is 10.6 Å². The van der Waals surface area contributed by atoms with Crippen molar-refractivity contribution in [2.75, 3.05) is 18.0 Å². The van der Waals surface area contributed by atoms with E-state index in [-0.39, 0.29) is 22.0 Å². The van der Waals surface area contributed by atoms with E-state index >= 15 is 0 Å². The van der Waals surface area contributed by atoms with Gasteiger partial charge in [0.2, 0.25) is 5.91 Å². The molecule has 0 radical (unpaired) electrons. The Morgan fingerprint density at radius 1 is 1.47 bits per heavy atom. The third-order valence-corrected chi connectivity index (χ3v) is 3.59. The number of rotatable bonds is 2. The van der Waals surface area contributed by atoms with Crippen LogP contribution in [-0.2, 0) is 4.79 Å². The van der Waals surface area contributed by atoms with Gasteiger partial charge in [-0.25, -0.2) is 8.78 Å². The Morgan fingerprint density at radius 3 is 2.76 bits per heavy atom. The zero-order chi connectivity index (χ0) is 12.6. The summed E-state index contributed by atoms with van der Waals surface area (Å²) in [4.78, 5) is 13.1. The number of anilines is 1. The van der Waals surface area contributed by atoms with E-state index < -0.39 is 11.6 Å². The van der Waals surface area contributed by atoms with E-state index in [0.717, 1.165) is 12.1 Å². The van der Waals surface area contributed by atoms with Gasteiger partial charge >= 0.3 is 0 Å². The Kier molecular flexibility index (Phi) is 3.44. The van der Waals surface area contributed by atoms with Crippen LogP contribution in [0.5, 0.6) is 0 Å². The largest absolute Gasteiger partial charge is 0.330 e. The fourth-order valence-corrected chi connectivity index (χ4v) is 2.35. The lowest BCUT2D eigenvalue weighted by atomic mass is 10.1. The van der Waals surface area contributed by atoms with E-state index in [1.165, 1.54) is 4.90 Å². The molecule has 92 valence electrons. The van der Waals surface area contributed by atoms with E-state index in [0.29, 0.717) is 19.5 Å². The molecule has 2 rings (SSSR count). The van der Waals surface area contributed by atoms with E-state index in [4.69, 9.17) is 5.73 Å². The maximum atomic E-state index is 13.4. The molecule has 0 saturated carbocycles. The van der Waals surface area contributed by atoms with Gasteiger partial charge in [-0.05, 0) is 34.5 Å². The Morgan fingerprint density at radius 2 is 2.18 bits per heavy atom. The van der Waals surface area contributed by atoms with Gasteiger partial charge in [0.05, 0.1) is 10.2 Å². The predicted octanol–water partition coefficient (Wildman–Crippen LogP) is 2.04. The fraction of sp³-hybridized carbons (Fsp3) is 0.364. The van der Waals surface area contributed by atoms with E-state index in [1.54, 1.807) is 0 Å². The molecule has 3 nitrogen and oxygen atoms in total. The molecule has 1 aromatic rings. The minimum atomic E-state index is -0.719. The first kappa shape index (κ1) is 12.4. The highest BCUT2D eigenvalue weighted by Crippen LogP contribution is 2.33. The third-order valence-electron chi connectivity index (χ3n) is 2.80. The van der Waals surface area contributed by atoms with Crippen molar-refractivity contribution in [2.24, 2.45) is 11.7 Å². The van der Waals surface area contributed by atoms with Gasteiger partial charge in [0.15, 0.2) is 0 Å². The molecule has 2 N–H and O–H groups in total. The zero-order valence-electron chi connectivity index (χ0n) is 8.92. The Labute approximate surface area is 106 Å². The SMILES string of the molecule is NCC1CC(=O)N(c2cc(F)cc(F)c2Br)C1. The molecule has 0 bridgehead atoms. The molecule has 0 spiro atoms. The summed E-state index contributed by atoms with van der Waals surface area (Å²) in [5, 5.41) is 0. The van der Waals surface area contributed by atoms with Crippen molar-refractivity contribution in [2.45, 2.75) is 6.42 Å². The Hall–Kier alpha value is -1.01.